The summed E-state index contributed by atoms with van der Waals surface area (Å²) in [6.07, 6.45) is 119. The smallest absolute Gasteiger partial charge is 0.481 e. The molecule has 0 aromatic rings. The van der Waals surface area contributed by atoms with Crippen LogP contribution >= 0.6 is 0 Å². The van der Waals surface area contributed by atoms with Gasteiger partial charge in [-0.3, -0.25) is 19.2 Å². The number of carboxylic acids is 4. The zero-order chi connectivity index (χ0) is 82.8. The fraction of sp³-hybridized carbons (Fsp3) is 0.865. The van der Waals surface area contributed by atoms with Crippen LogP contribution in [-0.4, -0.2) is 44.3 Å². The molecule has 0 saturated heterocycles. The maximum absolute atomic E-state index is 10.5. The van der Waals surface area contributed by atoms with Crippen LogP contribution in [0.1, 0.15) is 555 Å². The number of hydrogen-bond acceptors (Lipinski definition) is 4. The van der Waals surface area contributed by atoms with Crippen molar-refractivity contribution in [3.05, 3.63) is 62.5 Å². The third-order valence-electron chi connectivity index (χ3n) is 23.2. The second kappa shape index (κ2) is 108. The van der Waals surface area contributed by atoms with Crippen molar-refractivity contribution in [1.29, 1.82) is 0 Å². The van der Waals surface area contributed by atoms with Gasteiger partial charge in [0.2, 0.25) is 0 Å². The minimum absolute atomic E-state index is 0. The molecule has 113 heavy (non-hydrogen) atoms. The van der Waals surface area contributed by atoms with Crippen molar-refractivity contribution in [2.45, 2.75) is 555 Å². The Labute approximate surface area is 721 Å². The van der Waals surface area contributed by atoms with Crippen LogP contribution in [0.3, 0.4) is 0 Å². The molecule has 0 radical (unpaired) electrons. The molecular weight excluding hydrogens is 1430 g/mol. The molecule has 0 bridgehead atoms. The Kier molecular flexibility index (Phi) is 113. The van der Waals surface area contributed by atoms with Gasteiger partial charge < -0.3 is 34.3 Å². The molecule has 0 aliphatic carbocycles. The fourth-order valence-corrected chi connectivity index (χ4v) is 15.2. The summed E-state index contributed by atoms with van der Waals surface area (Å²) in [5, 5.41) is 34.7. The van der Waals surface area contributed by atoms with Gasteiger partial charge in [-0.15, -0.1) is 0 Å². The first-order chi connectivity index (χ1) is 54.7. The first kappa shape index (κ1) is 119. The summed E-state index contributed by atoms with van der Waals surface area (Å²) in [4.78, 5) is 42.1. The number of aliphatic carboxylic acids is 4. The van der Waals surface area contributed by atoms with Gasteiger partial charge in [0.25, 0.3) is 0 Å². The van der Waals surface area contributed by atoms with E-state index in [4.69, 9.17) is 20.4 Å². The van der Waals surface area contributed by atoms with Crippen LogP contribution in [0.15, 0.2) is 48.6 Å². The summed E-state index contributed by atoms with van der Waals surface area (Å²) >= 11 is 0. The van der Waals surface area contributed by atoms with E-state index in [1.165, 1.54) is 437 Å². The SMILES string of the molecule is CCCCCCCC(CCCCCCCC/C=C\CCCCCCCC(=O)O)CCCCCCCC/C=C\CCCCCCCC(=O)O.CCCCCCCC(CCCCCCCC/C=C\CCCCCCCC(=O)O)CCCCCCCC/C=C\CCCCCCCC(=O)O.[CH2-]C(CC)CCCC.[CH2-]C(CC)CCCC.[Ti+2]. The average molecular weight is 1620 g/mol. The van der Waals surface area contributed by atoms with Gasteiger partial charge in [-0.25, -0.2) is 0 Å². The molecular formula is C104H198O8Ti. The van der Waals surface area contributed by atoms with Gasteiger partial charge in [-0.05, 0) is 140 Å². The molecule has 2 unspecified atom stereocenters. The van der Waals surface area contributed by atoms with Crippen molar-refractivity contribution in [3.8, 4) is 0 Å². The number of allylic oxidation sites excluding steroid dienone is 8. The van der Waals surface area contributed by atoms with Crippen LogP contribution in [0, 0.1) is 37.5 Å². The number of rotatable bonds is 88. The predicted molar refractivity (Wildman–Crippen MR) is 495 cm³/mol. The van der Waals surface area contributed by atoms with Gasteiger partial charge in [-0.1, -0.05) is 450 Å². The number of carboxylic acid groups (broad SMARTS) is 4. The van der Waals surface area contributed by atoms with Crippen molar-refractivity contribution in [2.75, 3.05) is 0 Å². The van der Waals surface area contributed by atoms with Crippen molar-refractivity contribution < 1.29 is 61.3 Å². The monoisotopic (exact) mass is 1620 g/mol. The van der Waals surface area contributed by atoms with Crippen LogP contribution in [-0.2, 0) is 40.9 Å². The van der Waals surface area contributed by atoms with E-state index in [0.717, 1.165) is 63.2 Å². The Hall–Kier alpha value is -2.45. The molecule has 666 valence electrons. The van der Waals surface area contributed by atoms with E-state index in [1.807, 2.05) is 0 Å². The van der Waals surface area contributed by atoms with E-state index in [0.29, 0.717) is 37.5 Å². The van der Waals surface area contributed by atoms with E-state index in [-0.39, 0.29) is 21.7 Å². The number of hydrogen-bond donors (Lipinski definition) is 4. The number of carbonyl (C=O) groups is 4. The molecule has 0 heterocycles. The molecule has 2 atom stereocenters. The Morgan fingerprint density at radius 2 is 0.345 bits per heavy atom. The Morgan fingerprint density at radius 3 is 0.496 bits per heavy atom. The molecule has 0 spiro atoms. The summed E-state index contributed by atoms with van der Waals surface area (Å²) in [6.45, 7) is 21.5. The largest absolute Gasteiger partial charge is 2.00 e. The molecule has 0 aromatic heterocycles. The molecule has 0 amide bonds. The summed E-state index contributed by atoms with van der Waals surface area (Å²) < 4.78 is 0. The molecule has 0 aliphatic rings. The van der Waals surface area contributed by atoms with Gasteiger partial charge in [0.15, 0.2) is 0 Å². The van der Waals surface area contributed by atoms with E-state index >= 15 is 0 Å². The van der Waals surface area contributed by atoms with E-state index < -0.39 is 23.9 Å². The van der Waals surface area contributed by atoms with E-state index in [2.05, 4.69) is 104 Å². The minimum Gasteiger partial charge on any atom is -0.481 e. The van der Waals surface area contributed by atoms with Crippen molar-refractivity contribution >= 4 is 23.9 Å². The Bertz CT molecular complexity index is 1700. The third-order valence-corrected chi connectivity index (χ3v) is 23.2. The summed E-state index contributed by atoms with van der Waals surface area (Å²) in [7, 11) is 0. The first-order valence-electron chi connectivity index (χ1n) is 49.9. The molecule has 9 heteroatoms. The summed E-state index contributed by atoms with van der Waals surface area (Å²) in [5.41, 5.74) is 0. The maximum Gasteiger partial charge on any atom is 2.00 e. The molecule has 8 nitrogen and oxygen atoms in total. The van der Waals surface area contributed by atoms with Gasteiger partial charge >= 0.3 is 45.6 Å². The summed E-state index contributed by atoms with van der Waals surface area (Å²) in [5.74, 6) is 0.688. The first-order valence-corrected chi connectivity index (χ1v) is 49.9. The van der Waals surface area contributed by atoms with Crippen molar-refractivity contribution in [3.63, 3.8) is 0 Å². The van der Waals surface area contributed by atoms with Crippen molar-refractivity contribution in [2.24, 2.45) is 23.7 Å². The van der Waals surface area contributed by atoms with Crippen LogP contribution in [0.25, 0.3) is 0 Å². The average Bonchev–Trinajstić information content (AvgIpc) is 1.80. The molecule has 0 saturated carbocycles. The van der Waals surface area contributed by atoms with Crippen molar-refractivity contribution in [1.82, 2.24) is 0 Å². The quantitative estimate of drug-likeness (QED) is 0.0204. The predicted octanol–water partition coefficient (Wildman–Crippen LogP) is 36.0. The second-order valence-electron chi connectivity index (χ2n) is 34.5. The fourth-order valence-electron chi connectivity index (χ4n) is 15.2. The van der Waals surface area contributed by atoms with Crippen LogP contribution in [0.2, 0.25) is 0 Å². The zero-order valence-electron chi connectivity index (χ0n) is 76.8. The van der Waals surface area contributed by atoms with Crippen LogP contribution in [0.5, 0.6) is 0 Å². The molecule has 0 fully saturated rings. The maximum atomic E-state index is 10.5. The summed E-state index contributed by atoms with van der Waals surface area (Å²) in [6, 6.07) is 0. The van der Waals surface area contributed by atoms with Gasteiger partial charge in [0, 0.05) is 25.7 Å². The van der Waals surface area contributed by atoms with Gasteiger partial charge in [0.05, 0.1) is 0 Å². The van der Waals surface area contributed by atoms with Gasteiger partial charge in [-0.2, -0.15) is 11.8 Å². The Morgan fingerprint density at radius 1 is 0.204 bits per heavy atom. The molecule has 0 aliphatic heterocycles. The topological polar surface area (TPSA) is 149 Å². The van der Waals surface area contributed by atoms with Crippen LogP contribution in [0.4, 0.5) is 0 Å². The molecule has 4 N–H and O–H groups in total. The molecule has 0 rings (SSSR count). The van der Waals surface area contributed by atoms with E-state index in [9.17, 15) is 19.2 Å². The standard InChI is InChI=1S/2C44H82O4.2C8H17.Ti/c2*1-2-3-4-27-32-37-42(38-33-28-23-19-15-11-7-5-9-13-17-21-25-30-35-40-43(45)46)39-34-29-24-20-16-12-8-6-10-14-18-22-26-31-36-41-44(47)48;2*1-4-6-7-8(3)5-2;/h2*5-6,9-10,42H,2-4,7-8,11-41H2,1H3,(H,45,46)(H,47,48);2*8H,3-7H2,1-2H3;/q;;2*-1;+2/b2*9-5-,10-6-;;;. The second-order valence-corrected chi connectivity index (χ2v) is 34.5. The number of unbranched alkanes of at least 4 members (excludes halogenated alkanes) is 54. The Balaban J connectivity index is -0.000000569. The zero-order valence-corrected chi connectivity index (χ0v) is 78.4. The van der Waals surface area contributed by atoms with E-state index in [1.54, 1.807) is 0 Å². The van der Waals surface area contributed by atoms with Crippen LogP contribution < -0.4 is 0 Å². The van der Waals surface area contributed by atoms with Gasteiger partial charge in [0.1, 0.15) is 0 Å². The normalized spacial score (nSPS) is 12.1. The third kappa shape index (κ3) is 118. The molecule has 0 aromatic carbocycles. The minimum atomic E-state index is -0.664.